The predicted octanol–water partition coefficient (Wildman–Crippen LogP) is 8.47. The number of cyclic esters (lactones) is 1. The Balaban J connectivity index is 0.00000250. The van der Waals surface area contributed by atoms with Gasteiger partial charge in [0.25, 0.3) is 11.5 Å². The van der Waals surface area contributed by atoms with Crippen LogP contribution in [0.25, 0.3) is 66.5 Å². The fourth-order valence-electron chi connectivity index (χ4n) is 11.0. The van der Waals surface area contributed by atoms with E-state index in [4.69, 9.17) is 31.2 Å². The summed E-state index contributed by atoms with van der Waals surface area (Å²) in [5.41, 5.74) is 12.1. The molecule has 12 rings (SSSR count). The maximum Gasteiger partial charge on any atom is 0.340 e. The summed E-state index contributed by atoms with van der Waals surface area (Å²) < 4.78 is 16.9. The molecule has 1 amide bonds. The molecule has 4 aliphatic rings. The van der Waals surface area contributed by atoms with Gasteiger partial charge >= 0.3 is 5.97 Å². The van der Waals surface area contributed by atoms with E-state index < -0.39 is 12.1 Å². The number of H-pyrrole nitrogens is 1. The summed E-state index contributed by atoms with van der Waals surface area (Å²) in [4.78, 5) is 46.2. The lowest BCUT2D eigenvalue weighted by molar-refractivity contribution is -0.157. The van der Waals surface area contributed by atoms with Crippen LogP contribution < -0.4 is 10.3 Å². The van der Waals surface area contributed by atoms with Crippen molar-refractivity contribution in [1.82, 2.24) is 44.2 Å². The molecule has 1 saturated heterocycles. The highest BCUT2D eigenvalue weighted by Gasteiger charge is 2.55. The van der Waals surface area contributed by atoms with Crippen molar-refractivity contribution in [2.45, 2.75) is 79.2 Å². The number of hydrogen-bond donors (Lipinski definition) is 2. The average molecular weight is 932 g/mol. The minimum atomic E-state index is -1.52. The largest absolute Gasteiger partial charge is 0.489 e. The molecule has 16 heteroatoms. The van der Waals surface area contributed by atoms with Crippen LogP contribution in [0.3, 0.4) is 0 Å². The maximum atomic E-state index is 13.7. The summed E-state index contributed by atoms with van der Waals surface area (Å²) in [6, 6.07) is 15.8. The number of halogens is 1. The Morgan fingerprint density at radius 1 is 1.01 bits per heavy atom. The molecule has 1 saturated carbocycles. The molecule has 2 N–H and O–H groups in total. The lowest BCUT2D eigenvalue weighted by Crippen LogP contribution is -2.64. The third-order valence-electron chi connectivity index (χ3n) is 14.4. The molecule has 68 heavy (non-hydrogen) atoms. The number of aromatic amines is 1. The van der Waals surface area contributed by atoms with E-state index in [9.17, 15) is 19.5 Å². The lowest BCUT2D eigenvalue weighted by atomic mass is 9.60. The quantitative estimate of drug-likeness (QED) is 0.111. The third-order valence-corrected chi connectivity index (χ3v) is 14.9. The van der Waals surface area contributed by atoms with Crippen LogP contribution in [0.2, 0.25) is 5.02 Å². The van der Waals surface area contributed by atoms with Gasteiger partial charge in [0.2, 0.25) is 0 Å². The molecule has 3 aromatic carbocycles. The normalized spacial score (nSPS) is 16.8. The monoisotopic (exact) mass is 931 g/mol. The number of ether oxygens (including phenoxy) is 2. The van der Waals surface area contributed by atoms with Gasteiger partial charge in [-0.3, -0.25) is 24.1 Å². The van der Waals surface area contributed by atoms with Crippen LogP contribution in [-0.4, -0.2) is 80.9 Å². The van der Waals surface area contributed by atoms with Crippen molar-refractivity contribution in [3.05, 3.63) is 122 Å². The smallest absolute Gasteiger partial charge is 0.340 e. The van der Waals surface area contributed by atoms with Crippen LogP contribution in [0.15, 0.2) is 77.9 Å². The molecule has 2 fully saturated rings. The van der Waals surface area contributed by atoms with E-state index >= 15 is 0 Å². The Kier molecular flexibility index (Phi) is 10.2. The number of likely N-dealkylation sites (tertiary alicyclic amines) is 1. The second kappa shape index (κ2) is 16.0. The van der Waals surface area contributed by atoms with Crippen molar-refractivity contribution in [2.75, 3.05) is 19.7 Å². The molecular formula is C52H50ClN9O6. The molecule has 3 aliphatic heterocycles. The Morgan fingerprint density at radius 3 is 2.59 bits per heavy atom. The fraction of sp³-hybridized carbons (Fsp3) is 0.327. The van der Waals surface area contributed by atoms with Crippen molar-refractivity contribution >= 4 is 56.2 Å². The lowest BCUT2D eigenvalue weighted by Gasteiger charge is -2.59. The number of esters is 1. The summed E-state index contributed by atoms with van der Waals surface area (Å²) in [6.45, 7) is 15.8. The standard InChI is InChI=1S/C50H44ClN9O6.C2H6/c1-6-31-32-13-30(8-9-37(32)54-45-35(31)19-59-40(45)14-33-36(48(59)63)21-66-49(64)46(33)61)65-20-25(3)47(62)58-22-50(23-58)15-29(16-50)60-26(4)41(42-34-18-52-55-38(34)11-24(2)43(42)51)44(56-60)27-7-10-39-28(12-27)17-53-57(39)5;1-2/h7-14,17-18,29,46,61H,3,6,15-16,19-23H2,1-2,4-5H3,(H,52,55);1-2H3. The number of nitrogens with zero attached hydrogens (tertiary/aromatic N) is 8. The molecule has 0 radical (unpaired) electrons. The van der Waals surface area contributed by atoms with E-state index in [-0.39, 0.29) is 47.3 Å². The fourth-order valence-corrected chi connectivity index (χ4v) is 11.3. The topological polar surface area (TPSA) is 175 Å². The zero-order chi connectivity index (χ0) is 47.5. The second-order valence-electron chi connectivity index (χ2n) is 18.4. The number of amides is 1. The maximum absolute atomic E-state index is 13.7. The molecule has 1 aliphatic carbocycles. The van der Waals surface area contributed by atoms with Gasteiger partial charge in [-0.15, -0.1) is 0 Å². The zero-order valence-corrected chi connectivity index (χ0v) is 39.5. The molecular weight excluding hydrogens is 882 g/mol. The molecule has 0 bridgehead atoms. The van der Waals surface area contributed by atoms with Crippen molar-refractivity contribution < 1.29 is 24.2 Å². The van der Waals surface area contributed by atoms with Gasteiger partial charge in [-0.2, -0.15) is 15.3 Å². The van der Waals surface area contributed by atoms with Gasteiger partial charge in [0.15, 0.2) is 6.10 Å². The van der Waals surface area contributed by atoms with Crippen LogP contribution in [0.1, 0.15) is 79.3 Å². The Bertz CT molecular complexity index is 3530. The highest BCUT2D eigenvalue weighted by Crippen LogP contribution is 2.56. The summed E-state index contributed by atoms with van der Waals surface area (Å²) in [5, 5.41) is 31.4. The summed E-state index contributed by atoms with van der Waals surface area (Å²) >= 11 is 7.16. The molecule has 1 spiro atoms. The van der Waals surface area contributed by atoms with E-state index in [0.717, 1.165) is 84.8 Å². The van der Waals surface area contributed by atoms with Gasteiger partial charge in [-0.1, -0.05) is 45.0 Å². The minimum absolute atomic E-state index is 0.00485. The molecule has 8 heterocycles. The average Bonchev–Trinajstić information content (AvgIpc) is 4.11. The van der Waals surface area contributed by atoms with E-state index in [0.29, 0.717) is 59.3 Å². The van der Waals surface area contributed by atoms with Gasteiger partial charge in [0.1, 0.15) is 24.7 Å². The number of fused-ring (bicyclic) bond motifs is 7. The van der Waals surface area contributed by atoms with E-state index in [1.165, 1.54) is 0 Å². The first-order chi connectivity index (χ1) is 32.8. The Hall–Kier alpha value is -7.10. The number of aryl methyl sites for hydroxylation is 3. The van der Waals surface area contributed by atoms with Gasteiger partial charge in [-0.05, 0) is 86.7 Å². The summed E-state index contributed by atoms with van der Waals surface area (Å²) in [6.07, 6.45) is 4.63. The number of rotatable bonds is 8. The van der Waals surface area contributed by atoms with Gasteiger partial charge in [0, 0.05) is 80.8 Å². The summed E-state index contributed by atoms with van der Waals surface area (Å²) in [5.74, 6) is -0.316. The van der Waals surface area contributed by atoms with Crippen LogP contribution in [-0.2, 0) is 40.9 Å². The number of aromatic nitrogens is 8. The van der Waals surface area contributed by atoms with E-state index in [1.54, 1.807) is 10.6 Å². The SMILES string of the molecule is C=C(COc1ccc2nc3c(c(CC)c2c1)Cn1c-3cc2c(c1=O)COC(=O)C2O)C(=O)N1CC2(CC(n3nc(-c4ccc5c(cnn5C)c4)c(-c4c(Cl)c(C)cc5[nH]ncc45)c3C)C2)C1.CC. The number of aliphatic hydroxyl groups is 1. The van der Waals surface area contributed by atoms with Crippen molar-refractivity contribution in [3.8, 4) is 39.5 Å². The Labute approximate surface area is 395 Å². The number of nitrogens with one attached hydrogen (secondary N) is 1. The van der Waals surface area contributed by atoms with Gasteiger partial charge < -0.3 is 24.0 Å². The van der Waals surface area contributed by atoms with Crippen molar-refractivity contribution in [3.63, 3.8) is 0 Å². The number of carbonyl (C=O) groups is 2. The molecule has 1 unspecified atom stereocenters. The zero-order valence-electron chi connectivity index (χ0n) is 38.7. The first-order valence-electron chi connectivity index (χ1n) is 23.1. The van der Waals surface area contributed by atoms with Crippen LogP contribution in [0.5, 0.6) is 5.75 Å². The first kappa shape index (κ1) is 43.5. The molecule has 346 valence electrons. The van der Waals surface area contributed by atoms with Gasteiger partial charge in [-0.25, -0.2) is 9.78 Å². The minimum Gasteiger partial charge on any atom is -0.489 e. The highest BCUT2D eigenvalue weighted by atomic mass is 35.5. The van der Waals surface area contributed by atoms with Crippen LogP contribution in [0, 0.1) is 19.3 Å². The van der Waals surface area contributed by atoms with Gasteiger partial charge in [0.05, 0.1) is 63.5 Å². The number of carbonyl (C=O) groups excluding carboxylic acids is 2. The van der Waals surface area contributed by atoms with E-state index in [1.807, 2.05) is 74.1 Å². The first-order valence-corrected chi connectivity index (χ1v) is 23.5. The second-order valence-corrected chi connectivity index (χ2v) is 18.8. The van der Waals surface area contributed by atoms with Crippen molar-refractivity contribution in [1.29, 1.82) is 0 Å². The Morgan fingerprint density at radius 2 is 1.81 bits per heavy atom. The predicted molar refractivity (Wildman–Crippen MR) is 259 cm³/mol. The highest BCUT2D eigenvalue weighted by molar-refractivity contribution is 6.36. The third kappa shape index (κ3) is 6.53. The number of benzene rings is 3. The number of aliphatic hydroxyl groups excluding tert-OH is 1. The van der Waals surface area contributed by atoms with E-state index in [2.05, 4.69) is 58.6 Å². The molecule has 8 aromatic rings. The molecule has 1 atom stereocenters. The number of pyridine rings is 2. The summed E-state index contributed by atoms with van der Waals surface area (Å²) in [7, 11) is 1.94. The molecule has 5 aromatic heterocycles. The van der Waals surface area contributed by atoms with Crippen LogP contribution in [0.4, 0.5) is 0 Å². The van der Waals surface area contributed by atoms with Crippen molar-refractivity contribution in [2.24, 2.45) is 12.5 Å². The molecule has 15 nitrogen and oxygen atoms in total. The van der Waals surface area contributed by atoms with Crippen LogP contribution >= 0.6 is 11.6 Å². The number of hydrogen-bond acceptors (Lipinski definition) is 10.